The molecule has 3 nitrogen and oxygen atoms in total. The van der Waals surface area contributed by atoms with Crippen LogP contribution in [0.15, 0.2) is 24.3 Å². The van der Waals surface area contributed by atoms with Crippen molar-refractivity contribution in [3.63, 3.8) is 0 Å². The topological polar surface area (TPSA) is 30.7 Å². The molecule has 14 heavy (non-hydrogen) atoms. The van der Waals surface area contributed by atoms with Gasteiger partial charge in [0.1, 0.15) is 0 Å². The van der Waals surface area contributed by atoms with Crippen LogP contribution in [-0.4, -0.2) is 12.6 Å². The SMILES string of the molecule is [C-]#[N+]c1cccc(CC(=O)OCC)c1. The number of carbonyl (C=O) groups is 1. The Balaban J connectivity index is 2.68. The average molecular weight is 189 g/mol. The highest BCUT2D eigenvalue weighted by molar-refractivity contribution is 5.73. The number of esters is 1. The molecule has 0 bridgehead atoms. The molecule has 3 heteroatoms. The van der Waals surface area contributed by atoms with E-state index in [-0.39, 0.29) is 12.4 Å². The van der Waals surface area contributed by atoms with Gasteiger partial charge in [0.2, 0.25) is 0 Å². The van der Waals surface area contributed by atoms with Crippen molar-refractivity contribution < 1.29 is 9.53 Å². The lowest BCUT2D eigenvalue weighted by molar-refractivity contribution is -0.142. The van der Waals surface area contributed by atoms with Crippen LogP contribution in [-0.2, 0) is 16.0 Å². The highest BCUT2D eigenvalue weighted by Crippen LogP contribution is 2.14. The molecule has 72 valence electrons. The van der Waals surface area contributed by atoms with E-state index in [1.165, 1.54) is 0 Å². The number of hydrogen-bond acceptors (Lipinski definition) is 2. The van der Waals surface area contributed by atoms with Gasteiger partial charge in [0.25, 0.3) is 0 Å². The van der Waals surface area contributed by atoms with Crippen LogP contribution in [0.2, 0.25) is 0 Å². The van der Waals surface area contributed by atoms with Crippen molar-refractivity contribution >= 4 is 11.7 Å². The Morgan fingerprint density at radius 1 is 1.57 bits per heavy atom. The first kappa shape index (κ1) is 10.3. The first-order chi connectivity index (χ1) is 6.76. The zero-order valence-electron chi connectivity index (χ0n) is 7.99. The lowest BCUT2D eigenvalue weighted by atomic mass is 10.1. The Bertz CT molecular complexity index is 366. The van der Waals surface area contributed by atoms with Gasteiger partial charge in [-0.3, -0.25) is 4.79 Å². The third-order valence-electron chi connectivity index (χ3n) is 1.69. The molecule has 0 radical (unpaired) electrons. The molecule has 0 N–H and O–H groups in total. The van der Waals surface area contributed by atoms with E-state index in [9.17, 15) is 4.79 Å². The maximum Gasteiger partial charge on any atom is 0.310 e. The molecule has 0 saturated heterocycles. The molecule has 0 amide bonds. The fourth-order valence-electron chi connectivity index (χ4n) is 1.11. The van der Waals surface area contributed by atoms with Crippen molar-refractivity contribution in [1.82, 2.24) is 0 Å². The highest BCUT2D eigenvalue weighted by Gasteiger charge is 2.03. The van der Waals surface area contributed by atoms with Crippen molar-refractivity contribution in [3.8, 4) is 0 Å². The molecule has 0 aliphatic carbocycles. The summed E-state index contributed by atoms with van der Waals surface area (Å²) in [7, 11) is 0. The quantitative estimate of drug-likeness (QED) is 0.539. The minimum atomic E-state index is -0.255. The van der Waals surface area contributed by atoms with Gasteiger partial charge in [0.15, 0.2) is 5.69 Å². The molecule has 0 fully saturated rings. The van der Waals surface area contributed by atoms with Crippen molar-refractivity contribution in [2.24, 2.45) is 0 Å². The average Bonchev–Trinajstić information content (AvgIpc) is 2.18. The lowest BCUT2D eigenvalue weighted by Crippen LogP contribution is -2.07. The van der Waals surface area contributed by atoms with Crippen LogP contribution in [0.4, 0.5) is 5.69 Å². The van der Waals surface area contributed by atoms with Crippen LogP contribution in [0.25, 0.3) is 4.85 Å². The maximum absolute atomic E-state index is 11.1. The van der Waals surface area contributed by atoms with E-state index < -0.39 is 0 Å². The van der Waals surface area contributed by atoms with Crippen LogP contribution in [0.3, 0.4) is 0 Å². The van der Waals surface area contributed by atoms with Crippen molar-refractivity contribution in [2.75, 3.05) is 6.61 Å². The monoisotopic (exact) mass is 189 g/mol. The standard InChI is InChI=1S/C11H11NO2/c1-3-14-11(13)8-9-5-4-6-10(7-9)12-2/h4-7H,3,8H2,1H3. The largest absolute Gasteiger partial charge is 0.466 e. The molecule has 1 rings (SSSR count). The van der Waals surface area contributed by atoms with E-state index in [2.05, 4.69) is 4.85 Å². The predicted octanol–water partition coefficient (Wildman–Crippen LogP) is 2.34. The number of carbonyl (C=O) groups excluding carboxylic acids is 1. The molecule has 1 aromatic carbocycles. The van der Waals surface area contributed by atoms with E-state index in [1.807, 2.05) is 6.07 Å². The smallest absolute Gasteiger partial charge is 0.310 e. The van der Waals surface area contributed by atoms with Crippen LogP contribution >= 0.6 is 0 Å². The molecule has 0 spiro atoms. The fourth-order valence-corrected chi connectivity index (χ4v) is 1.11. The summed E-state index contributed by atoms with van der Waals surface area (Å²) in [5, 5.41) is 0. The van der Waals surface area contributed by atoms with Crippen molar-refractivity contribution in [3.05, 3.63) is 41.2 Å². The van der Waals surface area contributed by atoms with Crippen LogP contribution < -0.4 is 0 Å². The number of nitrogens with zero attached hydrogens (tertiary/aromatic N) is 1. The Morgan fingerprint density at radius 3 is 3.00 bits per heavy atom. The van der Waals surface area contributed by atoms with E-state index in [4.69, 9.17) is 11.3 Å². The second-order valence-electron chi connectivity index (χ2n) is 2.76. The summed E-state index contributed by atoms with van der Waals surface area (Å²) in [6.07, 6.45) is 0.233. The van der Waals surface area contributed by atoms with Gasteiger partial charge in [-0.1, -0.05) is 24.3 Å². The van der Waals surface area contributed by atoms with Gasteiger partial charge in [-0.15, -0.1) is 0 Å². The van der Waals surface area contributed by atoms with Crippen molar-refractivity contribution in [1.29, 1.82) is 0 Å². The van der Waals surface area contributed by atoms with Gasteiger partial charge in [-0.2, -0.15) is 0 Å². The summed E-state index contributed by atoms with van der Waals surface area (Å²) in [5.74, 6) is -0.255. The van der Waals surface area contributed by atoms with Gasteiger partial charge in [0.05, 0.1) is 19.6 Å². The summed E-state index contributed by atoms with van der Waals surface area (Å²) in [6, 6.07) is 6.99. The third kappa shape index (κ3) is 2.91. The second-order valence-corrected chi connectivity index (χ2v) is 2.76. The Morgan fingerprint density at radius 2 is 2.36 bits per heavy atom. The second kappa shape index (κ2) is 5.03. The summed E-state index contributed by atoms with van der Waals surface area (Å²) in [6.45, 7) is 8.97. The molecule has 0 heterocycles. The minimum Gasteiger partial charge on any atom is -0.466 e. The molecule has 0 aliphatic heterocycles. The Hall–Kier alpha value is -1.82. The number of rotatable bonds is 3. The van der Waals surface area contributed by atoms with Gasteiger partial charge in [0, 0.05) is 0 Å². The first-order valence-electron chi connectivity index (χ1n) is 4.38. The number of benzene rings is 1. The molecule has 1 aromatic rings. The molecule has 0 aliphatic rings. The first-order valence-corrected chi connectivity index (χ1v) is 4.38. The van der Waals surface area contributed by atoms with E-state index in [0.717, 1.165) is 5.56 Å². The molecular weight excluding hydrogens is 178 g/mol. The van der Waals surface area contributed by atoms with Gasteiger partial charge >= 0.3 is 5.97 Å². The highest BCUT2D eigenvalue weighted by atomic mass is 16.5. The molecular formula is C11H11NO2. The maximum atomic E-state index is 11.1. The minimum absolute atomic E-state index is 0.233. The Kier molecular flexibility index (Phi) is 3.69. The van der Waals surface area contributed by atoms with Gasteiger partial charge in [-0.05, 0) is 12.5 Å². The molecule has 0 aromatic heterocycles. The van der Waals surface area contributed by atoms with E-state index in [1.54, 1.807) is 25.1 Å². The Labute approximate surface area is 83.1 Å². The molecule has 0 atom stereocenters. The van der Waals surface area contributed by atoms with Crippen molar-refractivity contribution in [2.45, 2.75) is 13.3 Å². The van der Waals surface area contributed by atoms with E-state index in [0.29, 0.717) is 12.3 Å². The van der Waals surface area contributed by atoms with Crippen LogP contribution in [0.1, 0.15) is 12.5 Å². The van der Waals surface area contributed by atoms with E-state index >= 15 is 0 Å². The van der Waals surface area contributed by atoms with Gasteiger partial charge in [-0.25, -0.2) is 4.85 Å². The molecule has 0 saturated carbocycles. The van der Waals surface area contributed by atoms with Crippen LogP contribution in [0.5, 0.6) is 0 Å². The van der Waals surface area contributed by atoms with Crippen LogP contribution in [0, 0.1) is 6.57 Å². The summed E-state index contributed by atoms with van der Waals surface area (Å²) in [4.78, 5) is 14.4. The number of hydrogen-bond donors (Lipinski definition) is 0. The zero-order valence-corrected chi connectivity index (χ0v) is 7.99. The zero-order chi connectivity index (χ0) is 10.4. The lowest BCUT2D eigenvalue weighted by Gasteiger charge is -2.01. The summed E-state index contributed by atoms with van der Waals surface area (Å²) < 4.78 is 4.80. The summed E-state index contributed by atoms with van der Waals surface area (Å²) >= 11 is 0. The molecule has 0 unspecified atom stereocenters. The fraction of sp³-hybridized carbons (Fsp3) is 0.273. The third-order valence-corrected chi connectivity index (χ3v) is 1.69. The predicted molar refractivity (Wildman–Crippen MR) is 53.0 cm³/mol. The summed E-state index contributed by atoms with van der Waals surface area (Å²) in [5.41, 5.74) is 1.36. The number of ether oxygens (including phenoxy) is 1. The normalized spacial score (nSPS) is 9.14. The van der Waals surface area contributed by atoms with Gasteiger partial charge < -0.3 is 4.74 Å².